The molecule has 0 radical (unpaired) electrons. The number of ether oxygens (including phenoxy) is 1. The molecule has 5 rings (SSSR count). The van der Waals surface area contributed by atoms with Crippen molar-refractivity contribution in [3.05, 3.63) is 69.2 Å². The predicted molar refractivity (Wildman–Crippen MR) is 133 cm³/mol. The largest absolute Gasteiger partial charge is 0.497 e. The summed E-state index contributed by atoms with van der Waals surface area (Å²) in [4.78, 5) is 26.5. The molecule has 1 fully saturated rings. The molecule has 0 spiro atoms. The molecule has 1 amide bonds. The van der Waals surface area contributed by atoms with E-state index in [2.05, 4.69) is 10.5 Å². The molecule has 8 nitrogen and oxygen atoms in total. The molecule has 1 aliphatic rings. The van der Waals surface area contributed by atoms with E-state index in [0.29, 0.717) is 50.3 Å². The molecule has 35 heavy (non-hydrogen) atoms. The number of carbonyl (C=O) groups is 1. The number of nitrogens with one attached hydrogen (secondary N) is 1. The van der Waals surface area contributed by atoms with Crippen LogP contribution in [0, 0.1) is 6.92 Å². The fourth-order valence-electron chi connectivity index (χ4n) is 5.11. The first-order valence-electron chi connectivity index (χ1n) is 11.6. The first kappa shape index (κ1) is 23.4. The zero-order valence-corrected chi connectivity index (χ0v) is 20.2. The zero-order chi connectivity index (χ0) is 24.7. The number of rotatable bonds is 5. The molecular formula is C26H26ClN3O5. The van der Waals surface area contributed by atoms with Crippen LogP contribution in [0.3, 0.4) is 0 Å². The van der Waals surface area contributed by atoms with E-state index < -0.39 is 12.0 Å². The number of benzene rings is 2. The van der Waals surface area contributed by atoms with Gasteiger partial charge in [0.05, 0.1) is 17.6 Å². The molecule has 0 aliphatic heterocycles. The summed E-state index contributed by atoms with van der Waals surface area (Å²) < 4.78 is 12.3. The summed E-state index contributed by atoms with van der Waals surface area (Å²) in [6.45, 7) is 1.72. The minimum absolute atomic E-state index is 0.157. The molecule has 3 atom stereocenters. The van der Waals surface area contributed by atoms with E-state index in [1.165, 1.54) is 7.11 Å². The quantitative estimate of drug-likeness (QED) is 0.423. The van der Waals surface area contributed by atoms with Gasteiger partial charge in [-0.3, -0.25) is 9.59 Å². The Balaban J connectivity index is 1.45. The van der Waals surface area contributed by atoms with Crippen molar-refractivity contribution in [1.82, 2.24) is 15.0 Å². The number of methoxy groups -OCH3 is 1. The number of hydrogen-bond acceptors (Lipinski definition) is 6. The van der Waals surface area contributed by atoms with Crippen LogP contribution in [0.15, 0.2) is 51.8 Å². The number of aryl methyl sites for hydroxylation is 1. The van der Waals surface area contributed by atoms with Gasteiger partial charge in [0, 0.05) is 17.5 Å². The van der Waals surface area contributed by atoms with Gasteiger partial charge in [0.25, 0.3) is 11.5 Å². The molecular weight excluding hydrogens is 470 g/mol. The lowest BCUT2D eigenvalue weighted by Crippen LogP contribution is -2.42. The first-order chi connectivity index (χ1) is 16.9. The van der Waals surface area contributed by atoms with Crippen LogP contribution in [-0.4, -0.2) is 33.9 Å². The lowest BCUT2D eigenvalue weighted by Gasteiger charge is -2.32. The Bertz CT molecular complexity index is 1480. The molecule has 2 N–H and O–H groups in total. The number of aliphatic hydroxyl groups excluding tert-OH is 1. The fraction of sp³-hybridized carbons (Fsp3) is 0.346. The highest BCUT2D eigenvalue weighted by Crippen LogP contribution is 2.35. The SMILES string of the molecule is COc1cccc(C(O)C(=O)NC2CCCC(n3c(=O)c4c(C)onc4c4c(Cl)cccc43)C2)c1. The Hall–Kier alpha value is -3.36. The summed E-state index contributed by atoms with van der Waals surface area (Å²) in [5.74, 6) is 0.536. The number of carbonyl (C=O) groups excluding carboxylic acids is 1. The van der Waals surface area contributed by atoms with Crippen LogP contribution < -0.4 is 15.6 Å². The third-order valence-electron chi connectivity index (χ3n) is 6.80. The lowest BCUT2D eigenvalue weighted by molar-refractivity contribution is -0.130. The Morgan fingerprint density at radius 1 is 1.26 bits per heavy atom. The van der Waals surface area contributed by atoms with Crippen molar-refractivity contribution < 1.29 is 19.2 Å². The Morgan fingerprint density at radius 3 is 2.86 bits per heavy atom. The molecule has 0 bridgehead atoms. The molecule has 1 saturated carbocycles. The van der Waals surface area contributed by atoms with Gasteiger partial charge in [-0.05, 0) is 62.4 Å². The van der Waals surface area contributed by atoms with Crippen molar-refractivity contribution in [3.8, 4) is 5.75 Å². The summed E-state index contributed by atoms with van der Waals surface area (Å²) in [6.07, 6.45) is 1.59. The highest BCUT2D eigenvalue weighted by Gasteiger charge is 2.30. The van der Waals surface area contributed by atoms with E-state index in [1.54, 1.807) is 41.8 Å². The third kappa shape index (κ3) is 4.17. The van der Waals surface area contributed by atoms with Crippen molar-refractivity contribution in [3.63, 3.8) is 0 Å². The van der Waals surface area contributed by atoms with Gasteiger partial charge in [-0.15, -0.1) is 0 Å². The van der Waals surface area contributed by atoms with Crippen LogP contribution in [0.25, 0.3) is 21.8 Å². The first-order valence-corrected chi connectivity index (χ1v) is 12.0. The second kappa shape index (κ2) is 9.36. The minimum Gasteiger partial charge on any atom is -0.497 e. The van der Waals surface area contributed by atoms with Crippen LogP contribution in [-0.2, 0) is 4.79 Å². The molecule has 9 heteroatoms. The van der Waals surface area contributed by atoms with Gasteiger partial charge >= 0.3 is 0 Å². The maximum absolute atomic E-state index is 13.6. The summed E-state index contributed by atoms with van der Waals surface area (Å²) >= 11 is 6.53. The monoisotopic (exact) mass is 495 g/mol. The maximum atomic E-state index is 13.6. The van der Waals surface area contributed by atoms with Crippen molar-refractivity contribution in [2.75, 3.05) is 7.11 Å². The number of nitrogens with zero attached hydrogens (tertiary/aromatic N) is 2. The summed E-state index contributed by atoms with van der Waals surface area (Å²) in [5, 5.41) is 19.3. The molecule has 2 heterocycles. The number of amides is 1. The minimum atomic E-state index is -1.32. The average Bonchev–Trinajstić information content (AvgIpc) is 3.25. The highest BCUT2D eigenvalue weighted by atomic mass is 35.5. The van der Waals surface area contributed by atoms with Gasteiger partial charge in [0.1, 0.15) is 22.4 Å². The van der Waals surface area contributed by atoms with Gasteiger partial charge < -0.3 is 24.3 Å². The normalized spacial score (nSPS) is 19.1. The number of halogens is 1. The lowest BCUT2D eigenvalue weighted by atomic mass is 9.90. The fourth-order valence-corrected chi connectivity index (χ4v) is 5.37. The number of pyridine rings is 1. The van der Waals surface area contributed by atoms with Crippen LogP contribution in [0.4, 0.5) is 0 Å². The summed E-state index contributed by atoms with van der Waals surface area (Å²) in [5.41, 5.74) is 1.43. The van der Waals surface area contributed by atoms with E-state index >= 15 is 0 Å². The molecule has 182 valence electrons. The third-order valence-corrected chi connectivity index (χ3v) is 7.11. The van der Waals surface area contributed by atoms with Gasteiger partial charge in [-0.1, -0.05) is 35.0 Å². The van der Waals surface area contributed by atoms with Gasteiger partial charge in [0.2, 0.25) is 0 Å². The van der Waals surface area contributed by atoms with E-state index in [-0.39, 0.29) is 17.6 Å². The van der Waals surface area contributed by atoms with Gasteiger partial charge in [0.15, 0.2) is 6.10 Å². The standard InChI is InChI=1S/C26H26ClN3O5/c1-14-21-23(29-35-14)22-19(27)10-5-11-20(22)30(26(21)33)17-8-4-7-16(13-17)28-25(32)24(31)15-6-3-9-18(12-15)34-2/h3,5-6,9-12,16-17,24,31H,4,7-8,13H2,1-2H3,(H,28,32). The van der Waals surface area contributed by atoms with Crippen molar-refractivity contribution in [2.24, 2.45) is 0 Å². The van der Waals surface area contributed by atoms with Gasteiger partial charge in [-0.2, -0.15) is 0 Å². The Kier molecular flexibility index (Phi) is 6.25. The second-order valence-corrected chi connectivity index (χ2v) is 9.38. The molecule has 2 aromatic heterocycles. The van der Waals surface area contributed by atoms with E-state index in [0.717, 1.165) is 19.3 Å². The number of hydrogen-bond donors (Lipinski definition) is 2. The van der Waals surface area contributed by atoms with E-state index in [1.807, 2.05) is 12.1 Å². The van der Waals surface area contributed by atoms with Crippen molar-refractivity contribution in [1.29, 1.82) is 0 Å². The average molecular weight is 496 g/mol. The Labute approximate surface area is 206 Å². The molecule has 0 saturated heterocycles. The van der Waals surface area contributed by atoms with Crippen molar-refractivity contribution >= 4 is 39.3 Å². The smallest absolute Gasteiger partial charge is 0.264 e. The summed E-state index contributed by atoms with van der Waals surface area (Å²) in [6, 6.07) is 11.9. The van der Waals surface area contributed by atoms with E-state index in [4.69, 9.17) is 20.9 Å². The summed E-state index contributed by atoms with van der Waals surface area (Å²) in [7, 11) is 1.53. The zero-order valence-electron chi connectivity index (χ0n) is 19.5. The van der Waals surface area contributed by atoms with Crippen LogP contribution in [0.5, 0.6) is 5.75 Å². The van der Waals surface area contributed by atoms with Crippen molar-refractivity contribution in [2.45, 2.75) is 50.8 Å². The second-order valence-electron chi connectivity index (χ2n) is 8.98. The molecule has 1 aliphatic carbocycles. The predicted octanol–water partition coefficient (Wildman–Crippen LogP) is 4.45. The maximum Gasteiger partial charge on any atom is 0.264 e. The number of aliphatic hydroxyl groups is 1. The van der Waals surface area contributed by atoms with Crippen LogP contribution in [0.1, 0.15) is 49.2 Å². The molecule has 4 aromatic rings. The molecule has 3 unspecified atom stereocenters. The number of aromatic nitrogens is 2. The van der Waals surface area contributed by atoms with Crippen LogP contribution in [0.2, 0.25) is 5.02 Å². The molecule has 2 aromatic carbocycles. The Morgan fingerprint density at radius 2 is 2.06 bits per heavy atom. The van der Waals surface area contributed by atoms with E-state index in [9.17, 15) is 14.7 Å². The highest BCUT2D eigenvalue weighted by molar-refractivity contribution is 6.37. The number of fused-ring (bicyclic) bond motifs is 3. The topological polar surface area (TPSA) is 107 Å². The van der Waals surface area contributed by atoms with Gasteiger partial charge in [-0.25, -0.2) is 0 Å². The van der Waals surface area contributed by atoms with Crippen LogP contribution >= 0.6 is 11.6 Å².